The van der Waals surface area contributed by atoms with Crippen molar-refractivity contribution in [2.45, 2.75) is 38.3 Å². The number of hydrogen-bond donors (Lipinski definition) is 1. The quantitative estimate of drug-likeness (QED) is 0.792. The Labute approximate surface area is 90.3 Å². The fourth-order valence-corrected chi connectivity index (χ4v) is 2.28. The third kappa shape index (κ3) is 2.34. The second kappa shape index (κ2) is 3.89. The summed E-state index contributed by atoms with van der Waals surface area (Å²) in [4.78, 5) is 0. The topological polar surface area (TPSA) is 37.8 Å². The van der Waals surface area contributed by atoms with Gasteiger partial charge >= 0.3 is 0 Å². The fourth-order valence-electron chi connectivity index (χ4n) is 2.28. The molecule has 0 spiro atoms. The molecule has 15 heavy (non-hydrogen) atoms. The minimum absolute atomic E-state index is 0.756. The van der Waals surface area contributed by atoms with E-state index in [9.17, 15) is 0 Å². The highest BCUT2D eigenvalue weighted by Crippen LogP contribution is 2.44. The Kier molecular flexibility index (Phi) is 2.41. The SMILES string of the molecule is c1cnnc(CNC(C2CC2)C2CC2)c1. The summed E-state index contributed by atoms with van der Waals surface area (Å²) in [5.41, 5.74) is 1.06. The van der Waals surface area contributed by atoms with Crippen molar-refractivity contribution in [3.8, 4) is 0 Å². The molecule has 0 aromatic carbocycles. The van der Waals surface area contributed by atoms with Crippen molar-refractivity contribution in [2.24, 2.45) is 11.8 Å². The minimum atomic E-state index is 0.756. The Hall–Kier alpha value is -0.960. The summed E-state index contributed by atoms with van der Waals surface area (Å²) < 4.78 is 0. The highest BCUT2D eigenvalue weighted by molar-refractivity contribution is 5.01. The zero-order valence-electron chi connectivity index (χ0n) is 8.89. The third-order valence-electron chi connectivity index (χ3n) is 3.41. The van der Waals surface area contributed by atoms with Crippen molar-refractivity contribution in [1.82, 2.24) is 15.5 Å². The summed E-state index contributed by atoms with van der Waals surface area (Å²) in [5, 5.41) is 11.6. The predicted octanol–water partition coefficient (Wildman–Crippen LogP) is 1.75. The lowest BCUT2D eigenvalue weighted by Gasteiger charge is -2.16. The molecule has 0 atom stereocenters. The van der Waals surface area contributed by atoms with Gasteiger partial charge in [-0.3, -0.25) is 0 Å². The molecule has 3 nitrogen and oxygen atoms in total. The number of aromatic nitrogens is 2. The van der Waals surface area contributed by atoms with E-state index in [1.165, 1.54) is 25.7 Å². The van der Waals surface area contributed by atoms with Gasteiger partial charge in [-0.15, -0.1) is 0 Å². The maximum absolute atomic E-state index is 4.10. The lowest BCUT2D eigenvalue weighted by atomic mass is 10.1. The molecular weight excluding hydrogens is 186 g/mol. The Morgan fingerprint density at radius 1 is 1.27 bits per heavy atom. The summed E-state index contributed by atoms with van der Waals surface area (Å²) >= 11 is 0. The summed E-state index contributed by atoms with van der Waals surface area (Å²) in [6, 6.07) is 4.75. The van der Waals surface area contributed by atoms with E-state index < -0.39 is 0 Å². The van der Waals surface area contributed by atoms with Gasteiger partial charge in [-0.1, -0.05) is 0 Å². The van der Waals surface area contributed by atoms with Crippen LogP contribution in [0.2, 0.25) is 0 Å². The van der Waals surface area contributed by atoms with E-state index in [2.05, 4.69) is 15.5 Å². The maximum atomic E-state index is 4.10. The van der Waals surface area contributed by atoms with Gasteiger partial charge in [0.05, 0.1) is 5.69 Å². The van der Waals surface area contributed by atoms with Crippen molar-refractivity contribution >= 4 is 0 Å². The molecule has 0 aliphatic heterocycles. The van der Waals surface area contributed by atoms with Crippen molar-refractivity contribution in [3.05, 3.63) is 24.0 Å². The van der Waals surface area contributed by atoms with Crippen LogP contribution in [0, 0.1) is 11.8 Å². The first-order chi connectivity index (χ1) is 7.43. The molecule has 3 heteroatoms. The van der Waals surface area contributed by atoms with Gasteiger partial charge < -0.3 is 5.32 Å². The first kappa shape index (κ1) is 9.28. The van der Waals surface area contributed by atoms with Crippen LogP contribution in [0.1, 0.15) is 31.4 Å². The average Bonchev–Trinajstić information content (AvgIpc) is 3.14. The van der Waals surface area contributed by atoms with E-state index in [4.69, 9.17) is 0 Å². The number of nitrogens with zero attached hydrogens (tertiary/aromatic N) is 2. The van der Waals surface area contributed by atoms with Gasteiger partial charge in [-0.2, -0.15) is 10.2 Å². The molecule has 0 unspecified atom stereocenters. The summed E-state index contributed by atoms with van der Waals surface area (Å²) in [7, 11) is 0. The van der Waals surface area contributed by atoms with Crippen LogP contribution >= 0.6 is 0 Å². The lowest BCUT2D eigenvalue weighted by Crippen LogP contribution is -2.32. The van der Waals surface area contributed by atoms with Crippen LogP contribution in [0.3, 0.4) is 0 Å². The molecule has 3 rings (SSSR count). The fraction of sp³-hybridized carbons (Fsp3) is 0.667. The van der Waals surface area contributed by atoms with E-state index >= 15 is 0 Å². The normalized spacial score (nSPS) is 20.9. The molecule has 1 aromatic heterocycles. The molecular formula is C12H17N3. The molecule has 0 saturated heterocycles. The van der Waals surface area contributed by atoms with Crippen LogP contribution < -0.4 is 5.32 Å². The Bertz CT molecular complexity index is 305. The van der Waals surface area contributed by atoms with E-state index in [0.29, 0.717) is 0 Å². The van der Waals surface area contributed by atoms with Gasteiger partial charge in [0.2, 0.25) is 0 Å². The average molecular weight is 203 g/mol. The van der Waals surface area contributed by atoms with E-state index in [1.54, 1.807) is 6.20 Å². The smallest absolute Gasteiger partial charge is 0.0769 e. The van der Waals surface area contributed by atoms with Crippen molar-refractivity contribution in [1.29, 1.82) is 0 Å². The summed E-state index contributed by atoms with van der Waals surface area (Å²) in [6.45, 7) is 0.880. The summed E-state index contributed by atoms with van der Waals surface area (Å²) in [5.74, 6) is 1.91. The second-order valence-corrected chi connectivity index (χ2v) is 4.80. The monoisotopic (exact) mass is 203 g/mol. The van der Waals surface area contributed by atoms with Gasteiger partial charge in [0, 0.05) is 18.8 Å². The Morgan fingerprint density at radius 2 is 2.00 bits per heavy atom. The second-order valence-electron chi connectivity index (χ2n) is 4.80. The Balaban J connectivity index is 1.55. The van der Waals surface area contributed by atoms with Crippen LogP contribution in [0.4, 0.5) is 0 Å². The first-order valence-corrected chi connectivity index (χ1v) is 5.93. The van der Waals surface area contributed by atoms with Crippen LogP contribution in [0.15, 0.2) is 18.3 Å². The van der Waals surface area contributed by atoms with Gasteiger partial charge in [0.1, 0.15) is 0 Å². The molecule has 2 saturated carbocycles. The van der Waals surface area contributed by atoms with Crippen molar-refractivity contribution in [2.75, 3.05) is 0 Å². The van der Waals surface area contributed by atoms with Gasteiger partial charge in [0.15, 0.2) is 0 Å². The molecule has 0 amide bonds. The molecule has 1 aromatic rings. The largest absolute Gasteiger partial charge is 0.308 e. The lowest BCUT2D eigenvalue weighted by molar-refractivity contribution is 0.412. The van der Waals surface area contributed by atoms with E-state index in [1.807, 2.05) is 12.1 Å². The van der Waals surface area contributed by atoms with Gasteiger partial charge in [-0.25, -0.2) is 0 Å². The Morgan fingerprint density at radius 3 is 2.53 bits per heavy atom. The van der Waals surface area contributed by atoms with Crippen LogP contribution in [-0.4, -0.2) is 16.2 Å². The maximum Gasteiger partial charge on any atom is 0.0769 e. The van der Waals surface area contributed by atoms with Crippen LogP contribution in [0.5, 0.6) is 0 Å². The van der Waals surface area contributed by atoms with Crippen LogP contribution in [0.25, 0.3) is 0 Å². The molecule has 0 radical (unpaired) electrons. The molecule has 1 N–H and O–H groups in total. The molecule has 0 bridgehead atoms. The number of nitrogens with one attached hydrogen (secondary N) is 1. The molecule has 2 fully saturated rings. The number of hydrogen-bond acceptors (Lipinski definition) is 3. The van der Waals surface area contributed by atoms with E-state index in [0.717, 1.165) is 30.1 Å². The summed E-state index contributed by atoms with van der Waals surface area (Å²) in [6.07, 6.45) is 7.43. The zero-order valence-corrected chi connectivity index (χ0v) is 8.89. The number of rotatable bonds is 5. The van der Waals surface area contributed by atoms with Crippen LogP contribution in [-0.2, 0) is 6.54 Å². The minimum Gasteiger partial charge on any atom is -0.308 e. The zero-order chi connectivity index (χ0) is 10.1. The standard InChI is InChI=1S/C12H17N3/c1-2-11(15-14-7-1)8-13-12(9-3-4-9)10-5-6-10/h1-2,7,9-10,12-13H,3-6,8H2. The highest BCUT2D eigenvalue weighted by atomic mass is 15.1. The van der Waals surface area contributed by atoms with Gasteiger partial charge in [0.25, 0.3) is 0 Å². The predicted molar refractivity (Wildman–Crippen MR) is 58.1 cm³/mol. The highest BCUT2D eigenvalue weighted by Gasteiger charge is 2.40. The van der Waals surface area contributed by atoms with Gasteiger partial charge in [-0.05, 0) is 49.7 Å². The molecule has 2 aliphatic carbocycles. The molecule has 1 heterocycles. The van der Waals surface area contributed by atoms with Crippen molar-refractivity contribution < 1.29 is 0 Å². The van der Waals surface area contributed by atoms with E-state index in [-0.39, 0.29) is 0 Å². The third-order valence-corrected chi connectivity index (χ3v) is 3.41. The first-order valence-electron chi connectivity index (χ1n) is 5.93. The molecule has 2 aliphatic rings. The van der Waals surface area contributed by atoms with Crippen molar-refractivity contribution in [3.63, 3.8) is 0 Å². The molecule has 80 valence electrons.